The number of aliphatic hydroxyl groups excluding tert-OH is 1. The van der Waals surface area contributed by atoms with Crippen molar-refractivity contribution in [3.63, 3.8) is 0 Å². The smallest absolute Gasteiger partial charge is 0.417 e. The van der Waals surface area contributed by atoms with Crippen LogP contribution in [0.3, 0.4) is 0 Å². The predicted molar refractivity (Wildman–Crippen MR) is 265 cm³/mol. The van der Waals surface area contributed by atoms with Crippen LogP contribution in [-0.2, 0) is 36.6 Å². The van der Waals surface area contributed by atoms with E-state index in [1.165, 1.54) is 11.0 Å². The SMILES string of the molecule is Cc1ncsc1-c1ccc(CNC(=O)[C@@H]2C[C@@H](O)CN2C(=O)[C@@H](NC(=O)CCOCCOc2ccc(-c3ccc(N4C(=S)N(c5ccc(C#N)c(C(F)(F)F)c5)C(=O)C4(C)C)cc3)nc2)C(C)(C)C)cc1. The maximum Gasteiger partial charge on any atom is 0.417 e. The summed E-state index contributed by atoms with van der Waals surface area (Å²) in [5, 5.41) is 25.5. The number of amides is 4. The number of ether oxygens (including phenoxy) is 2. The van der Waals surface area contributed by atoms with Crippen LogP contribution in [0.4, 0.5) is 24.5 Å². The van der Waals surface area contributed by atoms with Crippen LogP contribution >= 0.6 is 23.6 Å². The molecule has 3 aromatic carbocycles. The van der Waals surface area contributed by atoms with E-state index in [2.05, 4.69) is 20.6 Å². The Morgan fingerprint density at radius 2 is 1.66 bits per heavy atom. The van der Waals surface area contributed by atoms with E-state index in [1.54, 1.807) is 84.3 Å². The number of aromatic nitrogens is 2. The third-order valence-corrected chi connectivity index (χ3v) is 13.5. The van der Waals surface area contributed by atoms with Gasteiger partial charge in [0.05, 0.1) is 70.2 Å². The van der Waals surface area contributed by atoms with E-state index in [4.69, 9.17) is 21.7 Å². The maximum atomic E-state index is 14.0. The zero-order valence-corrected chi connectivity index (χ0v) is 41.5. The highest BCUT2D eigenvalue weighted by atomic mass is 32.1. The number of thiazole rings is 1. The van der Waals surface area contributed by atoms with Crippen molar-refractivity contribution in [2.75, 3.05) is 36.2 Å². The molecule has 4 amide bonds. The van der Waals surface area contributed by atoms with E-state index in [-0.39, 0.29) is 56.6 Å². The average molecular weight is 1010 g/mol. The molecule has 20 heteroatoms. The fourth-order valence-electron chi connectivity index (χ4n) is 8.38. The number of hydrogen-bond acceptors (Lipinski definition) is 12. The average Bonchev–Trinajstić information content (AvgIpc) is 4.00. The number of carbonyl (C=O) groups is 4. The lowest BCUT2D eigenvalue weighted by molar-refractivity contribution is -0.144. The van der Waals surface area contributed by atoms with Gasteiger partial charge in [0.1, 0.15) is 30.0 Å². The van der Waals surface area contributed by atoms with E-state index >= 15 is 0 Å². The van der Waals surface area contributed by atoms with E-state index in [0.717, 1.165) is 44.3 Å². The van der Waals surface area contributed by atoms with Gasteiger partial charge in [-0.1, -0.05) is 57.2 Å². The highest BCUT2D eigenvalue weighted by molar-refractivity contribution is 7.81. The summed E-state index contributed by atoms with van der Waals surface area (Å²) < 4.78 is 52.7. The Morgan fingerprint density at radius 1 is 0.972 bits per heavy atom. The number of thiocarbonyl (C=S) groups is 1. The molecular formula is C51H53F3N8O7S2. The van der Waals surface area contributed by atoms with Crippen molar-refractivity contribution in [2.24, 2.45) is 5.41 Å². The van der Waals surface area contributed by atoms with Gasteiger partial charge >= 0.3 is 6.18 Å². The Kier molecular flexibility index (Phi) is 15.6. The zero-order valence-electron chi connectivity index (χ0n) is 39.9. The van der Waals surface area contributed by atoms with Crippen LogP contribution < -0.4 is 25.2 Å². The van der Waals surface area contributed by atoms with Crippen LogP contribution in [0.2, 0.25) is 0 Å². The van der Waals surface area contributed by atoms with E-state index in [9.17, 15) is 42.7 Å². The number of carbonyl (C=O) groups excluding carboxylic acids is 4. The van der Waals surface area contributed by atoms with Crippen molar-refractivity contribution >= 4 is 63.7 Å². The molecule has 7 rings (SSSR count). The van der Waals surface area contributed by atoms with Crippen molar-refractivity contribution in [3.8, 4) is 33.5 Å². The number of hydrogen-bond donors (Lipinski definition) is 3. The molecule has 2 aliphatic rings. The van der Waals surface area contributed by atoms with E-state index in [0.29, 0.717) is 17.1 Å². The fourth-order valence-corrected chi connectivity index (χ4v) is 9.71. The molecule has 2 aromatic heterocycles. The molecule has 15 nitrogen and oxygen atoms in total. The number of alkyl halides is 3. The summed E-state index contributed by atoms with van der Waals surface area (Å²) in [5.41, 5.74) is 2.70. The first-order chi connectivity index (χ1) is 33.6. The van der Waals surface area contributed by atoms with Gasteiger partial charge in [-0.3, -0.25) is 29.1 Å². The van der Waals surface area contributed by atoms with E-state index < -0.39 is 70.1 Å². The Morgan fingerprint density at radius 3 is 2.28 bits per heavy atom. The van der Waals surface area contributed by atoms with Gasteiger partial charge in [0.2, 0.25) is 17.7 Å². The second-order valence-electron chi connectivity index (χ2n) is 18.7. The largest absolute Gasteiger partial charge is 0.490 e. The van der Waals surface area contributed by atoms with Gasteiger partial charge < -0.3 is 35.0 Å². The molecule has 5 aromatic rings. The summed E-state index contributed by atoms with van der Waals surface area (Å²) in [7, 11) is 0. The number of anilines is 2. The number of rotatable bonds is 16. The van der Waals surface area contributed by atoms with Crippen LogP contribution in [0.25, 0.3) is 21.7 Å². The molecule has 0 unspecified atom stereocenters. The lowest BCUT2D eigenvalue weighted by atomic mass is 9.85. The molecule has 2 fully saturated rings. The second kappa shape index (κ2) is 21.3. The Balaban J connectivity index is 0.860. The normalized spacial score (nSPS) is 17.3. The van der Waals surface area contributed by atoms with Crippen molar-refractivity contribution < 1.29 is 46.9 Å². The fraction of sp³-hybridized carbons (Fsp3) is 0.373. The topological polar surface area (TPSA) is 190 Å². The molecule has 3 N–H and O–H groups in total. The molecule has 2 saturated heterocycles. The number of halogens is 3. The van der Waals surface area contributed by atoms with Gasteiger partial charge in [-0.05, 0) is 92.0 Å². The molecule has 0 aliphatic carbocycles. The number of likely N-dealkylation sites (tertiary alicyclic amines) is 1. The third-order valence-electron chi connectivity index (χ3n) is 12.2. The zero-order chi connectivity index (χ0) is 51.4. The lowest BCUT2D eigenvalue weighted by Gasteiger charge is -2.35. The summed E-state index contributed by atoms with van der Waals surface area (Å²) in [6, 6.07) is 21.0. The number of nitrogens with zero attached hydrogens (tertiary/aromatic N) is 6. The molecule has 0 bridgehead atoms. The minimum atomic E-state index is -4.82. The molecule has 0 spiro atoms. The summed E-state index contributed by atoms with van der Waals surface area (Å²) in [5.74, 6) is -1.34. The monoisotopic (exact) mass is 1010 g/mol. The first-order valence-corrected chi connectivity index (χ1v) is 24.0. The van der Waals surface area contributed by atoms with Crippen molar-refractivity contribution in [1.29, 1.82) is 5.26 Å². The van der Waals surface area contributed by atoms with Crippen LogP contribution in [0, 0.1) is 23.7 Å². The van der Waals surface area contributed by atoms with E-state index in [1.807, 2.05) is 52.0 Å². The maximum absolute atomic E-state index is 14.0. The number of aryl methyl sites for hydroxylation is 1. The van der Waals surface area contributed by atoms with Gasteiger partial charge in [-0.25, -0.2) is 4.98 Å². The van der Waals surface area contributed by atoms with Crippen LogP contribution in [0.15, 0.2) is 90.6 Å². The van der Waals surface area contributed by atoms with Gasteiger partial charge in [0.25, 0.3) is 5.91 Å². The van der Waals surface area contributed by atoms with Gasteiger partial charge in [0, 0.05) is 37.2 Å². The summed E-state index contributed by atoms with van der Waals surface area (Å²) in [6.07, 6.45) is -4.14. The highest BCUT2D eigenvalue weighted by Crippen LogP contribution is 2.40. The standard InChI is InChI=1S/C51H53F3N8O7S2/c1-30-43(71-29-58-30)33-9-7-31(8-10-33)26-57-45(65)41-24-37(63)28-60(41)46(66)44(49(2,3)4)59-42(64)19-20-68-21-22-69-38-17-18-40(56-27-38)32-11-14-35(15-12-32)62-48(70)61(47(67)50(62,5)6)36-16-13-34(25-55)39(23-36)51(52,53)54/h7-18,23,27,29,37,41,44,63H,19-22,24,26,28H2,1-6H3,(H,57,65)(H,59,64)/t37-,41+,44-/m1/s1. The van der Waals surface area contributed by atoms with Crippen LogP contribution in [-0.4, -0.2) is 98.8 Å². The molecule has 71 heavy (non-hydrogen) atoms. The minimum absolute atomic E-state index is 0.0202. The number of pyridine rings is 1. The highest BCUT2D eigenvalue weighted by Gasteiger charge is 2.51. The Bertz CT molecular complexity index is 2830. The first-order valence-electron chi connectivity index (χ1n) is 22.7. The second-order valence-corrected chi connectivity index (χ2v) is 20.0. The third kappa shape index (κ3) is 11.7. The van der Waals surface area contributed by atoms with Gasteiger partial charge in [-0.2, -0.15) is 18.4 Å². The van der Waals surface area contributed by atoms with Crippen molar-refractivity contribution in [3.05, 3.63) is 113 Å². The molecular weight excluding hydrogens is 958 g/mol. The van der Waals surface area contributed by atoms with Crippen molar-refractivity contribution in [2.45, 2.75) is 90.8 Å². The van der Waals surface area contributed by atoms with Gasteiger partial charge in [0.15, 0.2) is 5.11 Å². The quantitative estimate of drug-likeness (QED) is 0.0650. The van der Waals surface area contributed by atoms with Crippen LogP contribution in [0.5, 0.6) is 5.75 Å². The molecule has 3 atom stereocenters. The van der Waals surface area contributed by atoms with Crippen LogP contribution in [0.1, 0.15) is 69.8 Å². The lowest BCUT2D eigenvalue weighted by Crippen LogP contribution is -2.57. The number of nitriles is 1. The Labute approximate surface area is 418 Å². The number of β-amino-alcohol motifs (C(OH)–C–C–N with tert-alkyl or cyclic N) is 1. The summed E-state index contributed by atoms with van der Waals surface area (Å²) >= 11 is 7.21. The first kappa shape index (κ1) is 52.0. The molecule has 4 heterocycles. The molecule has 0 radical (unpaired) electrons. The minimum Gasteiger partial charge on any atom is -0.490 e. The summed E-state index contributed by atoms with van der Waals surface area (Å²) in [4.78, 5) is 68.1. The molecule has 0 saturated carbocycles. The van der Waals surface area contributed by atoms with Gasteiger partial charge in [-0.15, -0.1) is 11.3 Å². The number of benzene rings is 3. The Hall–Kier alpha value is -6.79. The molecule has 2 aliphatic heterocycles. The number of nitrogens with one attached hydrogen (secondary N) is 2. The number of aliphatic hydroxyl groups is 1. The predicted octanol–water partition coefficient (Wildman–Crippen LogP) is 7.58. The van der Waals surface area contributed by atoms with Crippen molar-refractivity contribution in [1.82, 2.24) is 25.5 Å². The molecule has 372 valence electrons. The summed E-state index contributed by atoms with van der Waals surface area (Å²) in [6.45, 7) is 11.2.